The molecule has 0 saturated heterocycles. The number of fused-ring (bicyclic) bond motifs is 1. The molecule has 2 aromatic rings. The SMILES string of the molecule is CC(C)CN(CC(=O)O)C(=O)c1cccc2ccccc12. The fourth-order valence-corrected chi connectivity index (χ4v) is 2.41. The quantitative estimate of drug-likeness (QED) is 0.918. The Labute approximate surface area is 124 Å². The molecule has 0 aliphatic carbocycles. The molecule has 0 aromatic heterocycles. The lowest BCUT2D eigenvalue weighted by molar-refractivity contribution is -0.137. The first-order valence-electron chi connectivity index (χ1n) is 6.98. The Kier molecular flexibility index (Phi) is 4.58. The summed E-state index contributed by atoms with van der Waals surface area (Å²) in [6, 6.07) is 13.1. The Morgan fingerprint density at radius 3 is 2.43 bits per heavy atom. The first-order chi connectivity index (χ1) is 9.99. The minimum Gasteiger partial charge on any atom is -0.480 e. The standard InChI is InChI=1S/C17H19NO3/c1-12(2)10-18(11-16(19)20)17(21)15-9-5-7-13-6-3-4-8-14(13)15/h3-9,12H,10-11H2,1-2H3,(H,19,20). The van der Waals surface area contributed by atoms with Crippen molar-refractivity contribution in [3.05, 3.63) is 48.0 Å². The van der Waals surface area contributed by atoms with Crippen LogP contribution in [0, 0.1) is 5.92 Å². The molecule has 0 radical (unpaired) electrons. The van der Waals surface area contributed by atoms with Crippen LogP contribution >= 0.6 is 0 Å². The van der Waals surface area contributed by atoms with E-state index in [1.807, 2.05) is 50.2 Å². The van der Waals surface area contributed by atoms with Crippen LogP contribution in [0.15, 0.2) is 42.5 Å². The highest BCUT2D eigenvalue weighted by Gasteiger charge is 2.20. The highest BCUT2D eigenvalue weighted by atomic mass is 16.4. The summed E-state index contributed by atoms with van der Waals surface area (Å²) in [5.41, 5.74) is 0.551. The molecule has 0 heterocycles. The van der Waals surface area contributed by atoms with Crippen LogP contribution < -0.4 is 0 Å². The molecule has 110 valence electrons. The van der Waals surface area contributed by atoms with Crippen LogP contribution in [-0.2, 0) is 4.79 Å². The number of carboxylic acid groups (broad SMARTS) is 1. The molecule has 0 aliphatic heterocycles. The van der Waals surface area contributed by atoms with Crippen molar-refractivity contribution < 1.29 is 14.7 Å². The van der Waals surface area contributed by atoms with Gasteiger partial charge in [0.1, 0.15) is 6.54 Å². The first kappa shape index (κ1) is 15.0. The molecule has 2 aromatic carbocycles. The number of hydrogen-bond donors (Lipinski definition) is 1. The zero-order valence-corrected chi connectivity index (χ0v) is 12.2. The van der Waals surface area contributed by atoms with Crippen molar-refractivity contribution in [1.29, 1.82) is 0 Å². The fourth-order valence-electron chi connectivity index (χ4n) is 2.41. The van der Waals surface area contributed by atoms with Gasteiger partial charge in [-0.25, -0.2) is 0 Å². The van der Waals surface area contributed by atoms with Crippen LogP contribution in [-0.4, -0.2) is 35.0 Å². The molecule has 0 aliphatic rings. The van der Waals surface area contributed by atoms with Crippen molar-refractivity contribution in [1.82, 2.24) is 4.90 Å². The third kappa shape index (κ3) is 3.60. The first-order valence-corrected chi connectivity index (χ1v) is 6.98. The van der Waals surface area contributed by atoms with Crippen molar-refractivity contribution in [3.63, 3.8) is 0 Å². The van der Waals surface area contributed by atoms with E-state index in [-0.39, 0.29) is 18.4 Å². The molecular formula is C17H19NO3. The third-order valence-electron chi connectivity index (χ3n) is 3.22. The van der Waals surface area contributed by atoms with Crippen molar-refractivity contribution in [2.24, 2.45) is 5.92 Å². The van der Waals surface area contributed by atoms with E-state index in [0.717, 1.165) is 10.8 Å². The van der Waals surface area contributed by atoms with Gasteiger partial charge in [0.05, 0.1) is 0 Å². The van der Waals surface area contributed by atoms with Crippen LogP contribution in [0.2, 0.25) is 0 Å². The van der Waals surface area contributed by atoms with Gasteiger partial charge in [0.25, 0.3) is 5.91 Å². The summed E-state index contributed by atoms with van der Waals surface area (Å²) in [6.45, 7) is 4.07. The summed E-state index contributed by atoms with van der Waals surface area (Å²) in [4.78, 5) is 25.1. The van der Waals surface area contributed by atoms with Crippen LogP contribution in [0.4, 0.5) is 0 Å². The number of rotatable bonds is 5. The van der Waals surface area contributed by atoms with E-state index in [2.05, 4.69) is 0 Å². The Bertz CT molecular complexity index is 659. The van der Waals surface area contributed by atoms with E-state index >= 15 is 0 Å². The summed E-state index contributed by atoms with van der Waals surface area (Å²) in [6.07, 6.45) is 0. The highest BCUT2D eigenvalue weighted by Crippen LogP contribution is 2.20. The normalized spacial score (nSPS) is 10.8. The average Bonchev–Trinajstić information content (AvgIpc) is 2.44. The molecule has 2 rings (SSSR count). The molecular weight excluding hydrogens is 266 g/mol. The van der Waals surface area contributed by atoms with Crippen molar-refractivity contribution in [2.45, 2.75) is 13.8 Å². The fraction of sp³-hybridized carbons (Fsp3) is 0.294. The van der Waals surface area contributed by atoms with Gasteiger partial charge in [-0.1, -0.05) is 50.2 Å². The van der Waals surface area contributed by atoms with Crippen molar-refractivity contribution in [2.75, 3.05) is 13.1 Å². The predicted octanol–water partition coefficient (Wildman–Crippen LogP) is 3.02. The maximum Gasteiger partial charge on any atom is 0.323 e. The Hall–Kier alpha value is -2.36. The number of amides is 1. The lowest BCUT2D eigenvalue weighted by atomic mass is 10.0. The molecule has 0 fully saturated rings. The topological polar surface area (TPSA) is 57.6 Å². The van der Waals surface area contributed by atoms with E-state index in [1.54, 1.807) is 6.07 Å². The van der Waals surface area contributed by atoms with Gasteiger partial charge < -0.3 is 10.0 Å². The summed E-state index contributed by atoms with van der Waals surface area (Å²) in [5, 5.41) is 10.8. The number of carbonyl (C=O) groups is 2. The van der Waals surface area contributed by atoms with Gasteiger partial charge in [0.15, 0.2) is 0 Å². The molecule has 1 amide bonds. The number of carbonyl (C=O) groups excluding carboxylic acids is 1. The van der Waals surface area contributed by atoms with Gasteiger partial charge >= 0.3 is 5.97 Å². The summed E-state index contributed by atoms with van der Waals surface area (Å²) in [5.74, 6) is -1.02. The second-order valence-electron chi connectivity index (χ2n) is 5.50. The maximum atomic E-state index is 12.7. The number of nitrogens with zero attached hydrogens (tertiary/aromatic N) is 1. The number of aliphatic carboxylic acids is 1. The largest absolute Gasteiger partial charge is 0.480 e. The molecule has 4 nitrogen and oxygen atoms in total. The van der Waals surface area contributed by atoms with Crippen LogP contribution in [0.5, 0.6) is 0 Å². The predicted molar refractivity (Wildman–Crippen MR) is 82.3 cm³/mol. The second-order valence-corrected chi connectivity index (χ2v) is 5.50. The van der Waals surface area contributed by atoms with E-state index < -0.39 is 5.97 Å². The van der Waals surface area contributed by atoms with E-state index in [4.69, 9.17) is 5.11 Å². The molecule has 4 heteroatoms. The van der Waals surface area contributed by atoms with Crippen molar-refractivity contribution in [3.8, 4) is 0 Å². The van der Waals surface area contributed by atoms with E-state index in [0.29, 0.717) is 12.1 Å². The van der Waals surface area contributed by atoms with Gasteiger partial charge in [-0.3, -0.25) is 9.59 Å². The minimum absolute atomic E-state index is 0.211. The number of hydrogen-bond acceptors (Lipinski definition) is 2. The third-order valence-corrected chi connectivity index (χ3v) is 3.22. The Morgan fingerprint density at radius 1 is 1.10 bits per heavy atom. The lowest BCUT2D eigenvalue weighted by Crippen LogP contribution is -2.38. The Balaban J connectivity index is 2.40. The van der Waals surface area contributed by atoms with Gasteiger partial charge in [-0.05, 0) is 22.8 Å². The number of benzene rings is 2. The lowest BCUT2D eigenvalue weighted by Gasteiger charge is -2.23. The number of carboxylic acids is 1. The van der Waals surface area contributed by atoms with Gasteiger partial charge in [-0.2, -0.15) is 0 Å². The van der Waals surface area contributed by atoms with E-state index in [9.17, 15) is 9.59 Å². The average molecular weight is 285 g/mol. The smallest absolute Gasteiger partial charge is 0.323 e. The summed E-state index contributed by atoms with van der Waals surface area (Å²) < 4.78 is 0. The van der Waals surface area contributed by atoms with Gasteiger partial charge in [-0.15, -0.1) is 0 Å². The molecule has 1 N–H and O–H groups in total. The van der Waals surface area contributed by atoms with Crippen LogP contribution in [0.25, 0.3) is 10.8 Å². The molecule has 0 saturated carbocycles. The monoisotopic (exact) mass is 285 g/mol. The molecule has 0 atom stereocenters. The summed E-state index contributed by atoms with van der Waals surface area (Å²) >= 11 is 0. The van der Waals surface area contributed by atoms with Crippen LogP contribution in [0.1, 0.15) is 24.2 Å². The maximum absolute atomic E-state index is 12.7. The Morgan fingerprint density at radius 2 is 1.76 bits per heavy atom. The minimum atomic E-state index is -0.996. The van der Waals surface area contributed by atoms with Crippen LogP contribution in [0.3, 0.4) is 0 Å². The zero-order chi connectivity index (χ0) is 15.4. The highest BCUT2D eigenvalue weighted by molar-refractivity contribution is 6.07. The molecule has 21 heavy (non-hydrogen) atoms. The van der Waals surface area contributed by atoms with Gasteiger partial charge in [0, 0.05) is 12.1 Å². The summed E-state index contributed by atoms with van der Waals surface area (Å²) in [7, 11) is 0. The second kappa shape index (κ2) is 6.39. The molecule has 0 bridgehead atoms. The molecule has 0 unspecified atom stereocenters. The van der Waals surface area contributed by atoms with E-state index in [1.165, 1.54) is 4.90 Å². The van der Waals surface area contributed by atoms with Crippen molar-refractivity contribution >= 4 is 22.6 Å². The zero-order valence-electron chi connectivity index (χ0n) is 12.2. The van der Waals surface area contributed by atoms with Gasteiger partial charge in [0.2, 0.25) is 0 Å². The molecule has 0 spiro atoms.